The number of esters is 1. The van der Waals surface area contributed by atoms with Gasteiger partial charge in [-0.2, -0.15) is 0 Å². The van der Waals surface area contributed by atoms with Crippen LogP contribution in [0.4, 0.5) is 0 Å². The minimum atomic E-state index is -1.97. The van der Waals surface area contributed by atoms with Crippen molar-refractivity contribution in [2.75, 3.05) is 46.5 Å². The van der Waals surface area contributed by atoms with Crippen molar-refractivity contribution in [3.8, 4) is 11.5 Å². The van der Waals surface area contributed by atoms with Gasteiger partial charge < -0.3 is 148 Å². The zero-order valence-electron chi connectivity index (χ0n) is 59.8. The number of aliphatic imine (C=N–C) groups is 1. The van der Waals surface area contributed by atoms with E-state index in [1.165, 1.54) is 34.1 Å². The standard InChI is InChI=1S/C46H62N4O11.C23H45N5O14/c1-22(2)21-50-18-16-46(17-19-50)48-34-31-32-39(54)28(8)42-33(31)43(56)45(10,61-42)59-20-15-30(58-11)25(5)41(60-29(9)51)27(7)38(53)26(6)37(52)23(3)13-12-14-24(4)44(57)47-36(40(32)55)35(34)49-46;24-2-7-13(32)15(34)10(27)21(37-7)41-19-9(4-30)39-23(17(19)36)42-20-12(31)5(25)1-6(26)18(20)40-22-11(28)16(35)14(33)8(3-29)38-22/h12-15,20,22-23,25-27,30,37-38,41,49,52-54H,16-19,21H2,1-11H3,(H,47,57);5-23,29-36H,1-4,24-28H2/b13-12-,20-15-,24-14-;/t23-,25-,26+,27+,30-,37-,38+,41-,45+;5-,6+,7+,8-,9-,10-,11-,12+,13-,14-,15-,16-,17-,18-,19-,20-,21-,22-,23+/m11/s1. The summed E-state index contributed by atoms with van der Waals surface area (Å²) in [6.45, 7) is 18.0. The van der Waals surface area contributed by atoms with E-state index in [2.05, 4.69) is 29.4 Å². The summed E-state index contributed by atoms with van der Waals surface area (Å²) in [6.07, 6.45) is -15.4. The number of hydrogen-bond acceptors (Lipinski definition) is 33. The first kappa shape index (κ1) is 81.5. The molecule has 34 heteroatoms. The summed E-state index contributed by atoms with van der Waals surface area (Å²) in [7, 11) is 1.46. The molecule has 7 aliphatic heterocycles. The van der Waals surface area contributed by atoms with Crippen molar-refractivity contribution in [1.29, 1.82) is 0 Å². The third kappa shape index (κ3) is 16.5. The lowest BCUT2D eigenvalue weighted by Gasteiger charge is -2.47. The summed E-state index contributed by atoms with van der Waals surface area (Å²) in [6, 6.07) is -4.30. The van der Waals surface area contributed by atoms with Crippen LogP contribution in [-0.2, 0) is 52.2 Å². The number of rotatable bonds is 13. The zero-order valence-corrected chi connectivity index (χ0v) is 59.8. The molecule has 10 rings (SSSR count). The molecule has 23 N–H and O–H groups in total. The van der Waals surface area contributed by atoms with Gasteiger partial charge in [-0.3, -0.25) is 24.2 Å². The van der Waals surface area contributed by atoms with Crippen molar-refractivity contribution >= 4 is 29.2 Å². The molecule has 7 heterocycles. The first-order valence-corrected chi connectivity index (χ1v) is 35.0. The number of likely N-dealkylation sites (tertiary alicyclic amines) is 1. The van der Waals surface area contributed by atoms with Crippen LogP contribution in [0.2, 0.25) is 0 Å². The van der Waals surface area contributed by atoms with E-state index < -0.39 is 218 Å². The highest BCUT2D eigenvalue weighted by Crippen LogP contribution is 2.51. The number of piperidine rings is 1. The van der Waals surface area contributed by atoms with Gasteiger partial charge in [-0.05, 0) is 32.3 Å². The average molecular weight is 1460 g/mol. The number of hydrogen-bond donors (Lipinski definition) is 18. The maximum Gasteiger partial charge on any atom is 0.312 e. The number of allylic oxidation sites excluding steroid dienone is 4. The molecule has 0 aromatic heterocycles. The van der Waals surface area contributed by atoms with Crippen molar-refractivity contribution in [3.63, 3.8) is 0 Å². The Kier molecular flexibility index (Phi) is 26.3. The molecule has 1 aromatic carbocycles. The number of nitrogens with zero attached hydrogens (tertiary/aromatic N) is 2. The second-order valence-corrected chi connectivity index (χ2v) is 29.2. The topological polar surface area (TPSA) is 553 Å². The number of methoxy groups -OCH3 is 1. The van der Waals surface area contributed by atoms with Crippen LogP contribution in [-0.4, -0.2) is 289 Å². The molecule has 2 aliphatic carbocycles. The summed E-state index contributed by atoms with van der Waals surface area (Å²) in [4.78, 5) is 63.3. The highest BCUT2D eigenvalue weighted by atomic mass is 16.8. The second kappa shape index (κ2) is 33.3. The van der Waals surface area contributed by atoms with Crippen molar-refractivity contribution in [2.24, 2.45) is 63.3 Å². The van der Waals surface area contributed by atoms with Gasteiger partial charge in [-0.25, -0.2) is 0 Å². The van der Waals surface area contributed by atoms with Crippen molar-refractivity contribution < 1.29 is 123 Å². The van der Waals surface area contributed by atoms with E-state index in [0.717, 1.165) is 19.6 Å². The highest BCUT2D eigenvalue weighted by molar-refractivity contribution is 6.34. The third-order valence-corrected chi connectivity index (χ3v) is 21.3. The highest BCUT2D eigenvalue weighted by Gasteiger charge is 2.57. The smallest absolute Gasteiger partial charge is 0.312 e. The first-order valence-electron chi connectivity index (χ1n) is 35.0. The Labute approximate surface area is 597 Å². The van der Waals surface area contributed by atoms with Gasteiger partial charge in [0.25, 0.3) is 11.7 Å². The molecule has 578 valence electrons. The molecule has 1 spiro atoms. The fourth-order valence-electron chi connectivity index (χ4n) is 15.0. The van der Waals surface area contributed by atoms with Gasteiger partial charge in [0.2, 0.25) is 5.78 Å². The molecular formula is C69H107N9O25. The number of nitrogens with two attached hydrogens (primary N) is 5. The summed E-state index contributed by atoms with van der Waals surface area (Å²) in [5.74, 6) is -6.78. The number of carbonyl (C=O) groups excluding carboxylic acids is 4. The summed E-state index contributed by atoms with van der Waals surface area (Å²) >= 11 is 0. The minimum Gasteiger partial charge on any atom is -0.507 e. The van der Waals surface area contributed by atoms with Crippen molar-refractivity contribution in [2.45, 2.75) is 241 Å². The van der Waals surface area contributed by atoms with E-state index in [-0.39, 0.29) is 63.6 Å². The van der Waals surface area contributed by atoms with Gasteiger partial charge >= 0.3 is 11.8 Å². The van der Waals surface area contributed by atoms with Crippen LogP contribution < -0.4 is 44.0 Å². The molecule has 1 amide bonds. The van der Waals surface area contributed by atoms with E-state index in [9.17, 15) is 75.3 Å². The molecule has 28 atom stereocenters. The van der Waals surface area contributed by atoms with Crippen LogP contribution in [0.1, 0.15) is 113 Å². The van der Waals surface area contributed by atoms with Crippen LogP contribution in [0, 0.1) is 36.5 Å². The predicted octanol–water partition coefficient (Wildman–Crippen LogP) is -4.25. The number of carbonyl (C=O) groups is 4. The van der Waals surface area contributed by atoms with Crippen molar-refractivity contribution in [1.82, 2.24) is 15.5 Å². The van der Waals surface area contributed by atoms with Gasteiger partial charge in [0, 0.05) is 112 Å². The first-order chi connectivity index (χ1) is 48.5. The molecule has 5 fully saturated rings. The molecule has 0 radical (unpaired) electrons. The number of amides is 1. The van der Waals surface area contributed by atoms with Crippen LogP contribution >= 0.6 is 0 Å². The Hall–Kier alpha value is -5.59. The molecule has 4 saturated heterocycles. The fourth-order valence-corrected chi connectivity index (χ4v) is 15.0. The molecule has 5 bridgehead atoms. The van der Waals surface area contributed by atoms with E-state index in [0.29, 0.717) is 18.8 Å². The number of ether oxygens (including phenoxy) is 10. The largest absolute Gasteiger partial charge is 0.507 e. The number of aromatic hydroxyl groups is 1. The van der Waals surface area contributed by atoms with Gasteiger partial charge in [0.15, 0.2) is 18.9 Å². The number of phenols is 1. The van der Waals surface area contributed by atoms with Crippen LogP contribution in [0.25, 0.3) is 0 Å². The van der Waals surface area contributed by atoms with E-state index in [4.69, 9.17) is 81.0 Å². The average Bonchev–Trinajstić information content (AvgIpc) is 1.56. The lowest BCUT2D eigenvalue weighted by molar-refractivity contribution is -0.310. The zero-order chi connectivity index (χ0) is 75.9. The number of phenolic OH excluding ortho intramolecular Hbond substituents is 1. The third-order valence-electron chi connectivity index (χ3n) is 21.3. The number of nitrogens with one attached hydrogen (secondary N) is 2. The predicted molar refractivity (Wildman–Crippen MR) is 363 cm³/mol. The van der Waals surface area contributed by atoms with Gasteiger partial charge in [-0.15, -0.1) is 0 Å². The molecule has 0 unspecified atom stereocenters. The number of aliphatic hydroxyl groups is 10. The van der Waals surface area contributed by atoms with Crippen LogP contribution in [0.5, 0.6) is 11.5 Å². The lowest BCUT2D eigenvalue weighted by Crippen LogP contribution is -2.68. The molecular weight excluding hydrogens is 1350 g/mol. The summed E-state index contributed by atoms with van der Waals surface area (Å²) in [5.41, 5.74) is 29.7. The van der Waals surface area contributed by atoms with E-state index in [1.807, 2.05) is 0 Å². The van der Waals surface area contributed by atoms with Crippen LogP contribution in [0.3, 0.4) is 0 Å². The number of ketones is 2. The Bertz CT molecular complexity index is 3370. The van der Waals surface area contributed by atoms with Crippen molar-refractivity contribution in [3.05, 3.63) is 69.8 Å². The Balaban J connectivity index is 0.000000256. The van der Waals surface area contributed by atoms with Crippen LogP contribution in [0.15, 0.2) is 52.5 Å². The number of Topliss-reactive ketones (excluding diaryl/α,β-unsaturated/α-hetero) is 2. The minimum absolute atomic E-state index is 0.0164. The quantitative estimate of drug-likeness (QED) is 0.0832. The maximum absolute atomic E-state index is 14.7. The molecule has 1 saturated carbocycles. The summed E-state index contributed by atoms with van der Waals surface area (Å²) < 4.78 is 58.4. The summed E-state index contributed by atoms with van der Waals surface area (Å²) in [5, 5.41) is 123. The fraction of sp³-hybridized carbons (Fsp3) is 0.725. The Morgan fingerprint density at radius 3 is 1.89 bits per heavy atom. The lowest BCUT2D eigenvalue weighted by atomic mass is 9.78. The normalized spacial score (nSPS) is 42.0. The van der Waals surface area contributed by atoms with Gasteiger partial charge in [0.1, 0.15) is 96.1 Å². The monoisotopic (exact) mass is 1460 g/mol. The molecule has 9 aliphatic rings. The Morgan fingerprint density at radius 1 is 0.709 bits per heavy atom. The SMILES string of the molecule is CO[C@@H]1/C=C\O[C@@]2(C)Oc3c(C)c(O)c4c(c3C2=O)C2=NC3(CCN(CC(C)C)CC3)NC2=C(NC(=O)/C(C)=C\C=C/[C@@H](C)[C@@H](O)[C@H](C)[C@H](O)[C@H](C)[C@H](OC(C)=O)[C@@H]1C)C4=O.NC[C@@H]1O[C@H](O[C@H]2[C@@H](O)[C@H](O[C@@H]3[C@@H](O)[C@H](N)C[C@H](N)[C@H]3O[C@H]3O[C@H](CO)[C@@H](O)[C@H](O)[C@H]3N)O[C@@H]2CO)[C@H](N)[C@@H](O)[C@@H]1O. The second-order valence-electron chi connectivity index (χ2n) is 29.2. The number of fused-ring (bicyclic) bond motifs is 3. The van der Waals surface area contributed by atoms with E-state index in [1.54, 1.807) is 58.9 Å². The number of benzene rings is 1. The van der Waals surface area contributed by atoms with Gasteiger partial charge in [0.05, 0.1) is 78.5 Å². The Morgan fingerprint density at radius 2 is 1.30 bits per heavy atom. The molecule has 103 heavy (non-hydrogen) atoms. The van der Waals surface area contributed by atoms with E-state index >= 15 is 0 Å². The molecule has 34 nitrogen and oxygen atoms in total. The number of aliphatic hydroxyl groups excluding tert-OH is 10. The van der Waals surface area contributed by atoms with Gasteiger partial charge in [-0.1, -0.05) is 59.8 Å². The maximum atomic E-state index is 14.7. The molecule has 1 aromatic rings.